The van der Waals surface area contributed by atoms with Gasteiger partial charge in [0.1, 0.15) is 11.7 Å². The van der Waals surface area contributed by atoms with E-state index in [1.54, 1.807) is 7.11 Å². The second-order valence-electron chi connectivity index (χ2n) is 2.33. The van der Waals surface area contributed by atoms with Gasteiger partial charge >= 0.3 is 0 Å². The van der Waals surface area contributed by atoms with Gasteiger partial charge in [-0.25, -0.2) is 4.98 Å². The van der Waals surface area contributed by atoms with Crippen LogP contribution in [-0.4, -0.2) is 22.2 Å². The first-order valence-electron chi connectivity index (χ1n) is 3.44. The van der Waals surface area contributed by atoms with Gasteiger partial charge in [0, 0.05) is 0 Å². The fraction of sp³-hybridized carbons (Fsp3) is 0.286. The fourth-order valence-electron chi connectivity index (χ4n) is 1.05. The van der Waals surface area contributed by atoms with Crippen LogP contribution in [0.2, 0.25) is 0 Å². The number of rotatable bonds is 1. The maximum atomic E-state index is 5.02. The number of methoxy groups -OCH3 is 1. The van der Waals surface area contributed by atoms with Crippen molar-refractivity contribution < 1.29 is 9.26 Å². The Morgan fingerprint density at radius 2 is 2.25 bits per heavy atom. The van der Waals surface area contributed by atoms with Crippen LogP contribution in [0.25, 0.3) is 11.1 Å². The Balaban J connectivity index is 2.84. The normalized spacial score (nSPS) is 10.5. The predicted molar refractivity (Wildman–Crippen MR) is 40.9 cm³/mol. The van der Waals surface area contributed by atoms with Crippen molar-refractivity contribution in [3.05, 3.63) is 12.0 Å². The molecule has 5 heteroatoms. The Morgan fingerprint density at radius 3 is 3.00 bits per heavy atom. The SMILES string of the molecule is COc1ncnc2onc(C)c12. The van der Waals surface area contributed by atoms with Gasteiger partial charge in [-0.1, -0.05) is 5.16 Å². The number of ether oxygens (including phenoxy) is 1. The second kappa shape index (κ2) is 2.44. The van der Waals surface area contributed by atoms with Crippen LogP contribution in [0.15, 0.2) is 10.9 Å². The second-order valence-corrected chi connectivity index (χ2v) is 2.33. The topological polar surface area (TPSA) is 61.0 Å². The molecule has 0 amide bonds. The van der Waals surface area contributed by atoms with Gasteiger partial charge < -0.3 is 9.26 Å². The van der Waals surface area contributed by atoms with Gasteiger partial charge in [0.15, 0.2) is 0 Å². The molecule has 62 valence electrons. The summed E-state index contributed by atoms with van der Waals surface area (Å²) in [4.78, 5) is 7.82. The summed E-state index contributed by atoms with van der Waals surface area (Å²) in [5.74, 6) is 0.499. The van der Waals surface area contributed by atoms with E-state index in [1.165, 1.54) is 6.33 Å². The summed E-state index contributed by atoms with van der Waals surface area (Å²) in [6.45, 7) is 1.82. The molecule has 0 aliphatic heterocycles. The number of fused-ring (bicyclic) bond motifs is 1. The average Bonchev–Trinajstić information content (AvgIpc) is 2.48. The summed E-state index contributed by atoms with van der Waals surface area (Å²) in [5, 5.41) is 4.48. The molecule has 0 saturated heterocycles. The average molecular weight is 165 g/mol. The van der Waals surface area contributed by atoms with Crippen molar-refractivity contribution in [1.29, 1.82) is 0 Å². The lowest BCUT2D eigenvalue weighted by Crippen LogP contribution is -1.89. The number of aromatic nitrogens is 3. The molecule has 0 fully saturated rings. The maximum Gasteiger partial charge on any atom is 0.264 e. The summed E-state index contributed by atoms with van der Waals surface area (Å²) in [6, 6.07) is 0. The summed E-state index contributed by atoms with van der Waals surface area (Å²) in [6.07, 6.45) is 1.38. The molecule has 0 bridgehead atoms. The van der Waals surface area contributed by atoms with Crippen molar-refractivity contribution in [2.75, 3.05) is 7.11 Å². The van der Waals surface area contributed by atoms with Gasteiger partial charge in [-0.2, -0.15) is 4.98 Å². The largest absolute Gasteiger partial charge is 0.480 e. The number of hydrogen-bond acceptors (Lipinski definition) is 5. The number of hydrogen-bond donors (Lipinski definition) is 0. The first-order chi connectivity index (χ1) is 5.83. The monoisotopic (exact) mass is 165 g/mol. The number of aryl methyl sites for hydroxylation is 1. The van der Waals surface area contributed by atoms with E-state index in [-0.39, 0.29) is 0 Å². The molecular formula is C7H7N3O2. The summed E-state index contributed by atoms with van der Waals surface area (Å²) in [5.41, 5.74) is 1.20. The van der Waals surface area contributed by atoms with Crippen LogP contribution in [0.5, 0.6) is 5.88 Å². The van der Waals surface area contributed by atoms with Gasteiger partial charge in [0.2, 0.25) is 5.88 Å². The van der Waals surface area contributed by atoms with E-state index in [9.17, 15) is 0 Å². The van der Waals surface area contributed by atoms with Crippen molar-refractivity contribution in [1.82, 2.24) is 15.1 Å². The molecule has 2 aromatic rings. The minimum absolute atomic E-state index is 0.458. The van der Waals surface area contributed by atoms with E-state index < -0.39 is 0 Å². The molecule has 0 atom stereocenters. The van der Waals surface area contributed by atoms with Gasteiger partial charge in [0.05, 0.1) is 12.8 Å². The van der Waals surface area contributed by atoms with Crippen LogP contribution in [0, 0.1) is 6.92 Å². The molecule has 0 aromatic carbocycles. The summed E-state index contributed by atoms with van der Waals surface area (Å²) >= 11 is 0. The Bertz CT molecular complexity index is 410. The van der Waals surface area contributed by atoms with Crippen molar-refractivity contribution in [3.63, 3.8) is 0 Å². The lowest BCUT2D eigenvalue weighted by Gasteiger charge is -1.96. The predicted octanol–water partition coefficient (Wildman–Crippen LogP) is 0.935. The molecule has 0 aliphatic rings. The molecule has 0 spiro atoms. The first-order valence-corrected chi connectivity index (χ1v) is 3.44. The van der Waals surface area contributed by atoms with E-state index in [0.29, 0.717) is 11.6 Å². The Hall–Kier alpha value is -1.65. The Kier molecular flexibility index (Phi) is 1.43. The molecule has 12 heavy (non-hydrogen) atoms. The minimum Gasteiger partial charge on any atom is -0.480 e. The zero-order valence-electron chi connectivity index (χ0n) is 6.74. The highest BCUT2D eigenvalue weighted by molar-refractivity contribution is 5.80. The highest BCUT2D eigenvalue weighted by Crippen LogP contribution is 2.23. The minimum atomic E-state index is 0.458. The van der Waals surface area contributed by atoms with Crippen molar-refractivity contribution in [2.24, 2.45) is 0 Å². The molecule has 0 radical (unpaired) electrons. The summed E-state index contributed by atoms with van der Waals surface area (Å²) in [7, 11) is 1.55. The van der Waals surface area contributed by atoms with Crippen LogP contribution < -0.4 is 4.74 Å². The molecule has 0 aliphatic carbocycles. The zero-order chi connectivity index (χ0) is 8.55. The Labute approximate surface area is 68.4 Å². The molecule has 2 aromatic heterocycles. The molecular weight excluding hydrogens is 158 g/mol. The zero-order valence-corrected chi connectivity index (χ0v) is 6.74. The lowest BCUT2D eigenvalue weighted by atomic mass is 10.3. The Morgan fingerprint density at radius 1 is 1.42 bits per heavy atom. The molecule has 0 N–H and O–H groups in total. The van der Waals surface area contributed by atoms with Gasteiger partial charge in [-0.05, 0) is 6.92 Å². The highest BCUT2D eigenvalue weighted by atomic mass is 16.5. The van der Waals surface area contributed by atoms with Crippen molar-refractivity contribution in [2.45, 2.75) is 6.92 Å². The highest BCUT2D eigenvalue weighted by Gasteiger charge is 2.11. The van der Waals surface area contributed by atoms with Crippen LogP contribution in [0.3, 0.4) is 0 Å². The third-order valence-corrected chi connectivity index (χ3v) is 1.60. The van der Waals surface area contributed by atoms with Gasteiger partial charge in [-0.3, -0.25) is 0 Å². The molecule has 2 heterocycles. The standard InChI is InChI=1S/C7H7N3O2/c1-4-5-6(11-2)8-3-9-7(5)12-10-4/h3H,1-2H3. The molecule has 0 unspecified atom stereocenters. The van der Waals surface area contributed by atoms with Gasteiger partial charge in [-0.15, -0.1) is 0 Å². The van der Waals surface area contributed by atoms with Crippen LogP contribution in [-0.2, 0) is 0 Å². The van der Waals surface area contributed by atoms with Crippen LogP contribution in [0.1, 0.15) is 5.69 Å². The van der Waals surface area contributed by atoms with Crippen molar-refractivity contribution >= 4 is 11.1 Å². The number of nitrogens with zero attached hydrogens (tertiary/aromatic N) is 3. The van der Waals surface area contributed by atoms with E-state index >= 15 is 0 Å². The van der Waals surface area contributed by atoms with Crippen LogP contribution >= 0.6 is 0 Å². The lowest BCUT2D eigenvalue weighted by molar-refractivity contribution is 0.401. The van der Waals surface area contributed by atoms with E-state index in [0.717, 1.165) is 11.1 Å². The molecule has 2 rings (SSSR count). The fourth-order valence-corrected chi connectivity index (χ4v) is 1.05. The third-order valence-electron chi connectivity index (χ3n) is 1.60. The maximum absolute atomic E-state index is 5.02. The summed E-state index contributed by atoms with van der Waals surface area (Å²) < 4.78 is 9.93. The van der Waals surface area contributed by atoms with E-state index in [1.807, 2.05) is 6.92 Å². The van der Waals surface area contributed by atoms with Crippen molar-refractivity contribution in [3.8, 4) is 5.88 Å². The molecule has 5 nitrogen and oxygen atoms in total. The smallest absolute Gasteiger partial charge is 0.264 e. The first kappa shape index (κ1) is 7.02. The third kappa shape index (κ3) is 0.827. The quantitative estimate of drug-likeness (QED) is 0.629. The van der Waals surface area contributed by atoms with Gasteiger partial charge in [0.25, 0.3) is 5.71 Å². The van der Waals surface area contributed by atoms with Crippen LogP contribution in [0.4, 0.5) is 0 Å². The van der Waals surface area contributed by atoms with E-state index in [2.05, 4.69) is 15.1 Å². The van der Waals surface area contributed by atoms with E-state index in [4.69, 9.17) is 9.26 Å². The molecule has 0 saturated carbocycles.